The third kappa shape index (κ3) is 5.73. The van der Waals surface area contributed by atoms with Crippen LogP contribution in [0.15, 0.2) is 41.6 Å². The van der Waals surface area contributed by atoms with Gasteiger partial charge in [0.2, 0.25) is 5.91 Å². The summed E-state index contributed by atoms with van der Waals surface area (Å²) in [6.07, 6.45) is 0. The first-order chi connectivity index (χ1) is 15.4. The van der Waals surface area contributed by atoms with Gasteiger partial charge in [0.25, 0.3) is 0 Å². The van der Waals surface area contributed by atoms with Crippen molar-refractivity contribution >= 4 is 23.4 Å². The summed E-state index contributed by atoms with van der Waals surface area (Å²) in [4.78, 5) is 12.5. The number of ether oxygens (including phenoxy) is 3. The normalized spacial score (nSPS) is 10.7. The topological polar surface area (TPSA) is 87.5 Å². The van der Waals surface area contributed by atoms with Crippen LogP contribution in [0.25, 0.3) is 0 Å². The molecule has 9 heteroatoms. The monoisotopic (exact) mass is 456 g/mol. The van der Waals surface area contributed by atoms with Gasteiger partial charge in [-0.15, -0.1) is 10.2 Å². The lowest BCUT2D eigenvalue weighted by Gasteiger charge is -2.12. The van der Waals surface area contributed by atoms with E-state index in [2.05, 4.69) is 28.5 Å². The summed E-state index contributed by atoms with van der Waals surface area (Å²) in [5.41, 5.74) is 2.82. The molecule has 0 aliphatic heterocycles. The third-order valence-corrected chi connectivity index (χ3v) is 5.78. The molecule has 0 saturated heterocycles. The number of aromatic nitrogens is 3. The number of methoxy groups -OCH3 is 2. The van der Waals surface area contributed by atoms with Crippen molar-refractivity contribution in [3.05, 3.63) is 53.3 Å². The standard InChI is InChI=1S/C23H28N4O4S/c1-6-27-21(13-31-19-9-7-15(2)11-16(19)3)25-26-23(27)32-14-22(28)24-18-12-17(29-4)8-10-20(18)30-5/h7-12H,6,13-14H2,1-5H3,(H,24,28). The second-order valence-corrected chi connectivity index (χ2v) is 8.05. The average Bonchev–Trinajstić information content (AvgIpc) is 3.18. The SMILES string of the molecule is CCn1c(COc2ccc(C)cc2C)nnc1SCC(=O)Nc1cc(OC)ccc1OC. The minimum atomic E-state index is -0.180. The Hall–Kier alpha value is -3.20. The van der Waals surface area contributed by atoms with Crippen LogP contribution in [0.2, 0.25) is 0 Å². The lowest BCUT2D eigenvalue weighted by molar-refractivity contribution is -0.113. The molecule has 0 unspecified atom stereocenters. The molecule has 32 heavy (non-hydrogen) atoms. The Morgan fingerprint density at radius 3 is 2.53 bits per heavy atom. The van der Waals surface area contributed by atoms with Gasteiger partial charge in [-0.2, -0.15) is 0 Å². The lowest BCUT2D eigenvalue weighted by Crippen LogP contribution is -2.15. The lowest BCUT2D eigenvalue weighted by atomic mass is 10.1. The van der Waals surface area contributed by atoms with Crippen LogP contribution in [0.5, 0.6) is 17.2 Å². The zero-order valence-electron chi connectivity index (χ0n) is 19.0. The summed E-state index contributed by atoms with van der Waals surface area (Å²) in [6.45, 7) is 7.05. The van der Waals surface area contributed by atoms with Crippen LogP contribution in [-0.2, 0) is 17.9 Å². The van der Waals surface area contributed by atoms with E-state index in [0.29, 0.717) is 41.3 Å². The summed E-state index contributed by atoms with van der Waals surface area (Å²) in [5.74, 6) is 2.73. The quantitative estimate of drug-likeness (QED) is 0.457. The fourth-order valence-electron chi connectivity index (χ4n) is 3.18. The average molecular weight is 457 g/mol. The summed E-state index contributed by atoms with van der Waals surface area (Å²) >= 11 is 1.32. The Morgan fingerprint density at radius 1 is 1.06 bits per heavy atom. The fourth-order valence-corrected chi connectivity index (χ4v) is 4.00. The summed E-state index contributed by atoms with van der Waals surface area (Å²) in [7, 11) is 3.12. The van der Waals surface area contributed by atoms with Gasteiger partial charge in [0.1, 0.15) is 23.9 Å². The second-order valence-electron chi connectivity index (χ2n) is 7.10. The summed E-state index contributed by atoms with van der Waals surface area (Å²) in [6, 6.07) is 11.3. The van der Waals surface area contributed by atoms with Crippen molar-refractivity contribution in [3.63, 3.8) is 0 Å². The number of benzene rings is 2. The zero-order valence-corrected chi connectivity index (χ0v) is 19.8. The van der Waals surface area contributed by atoms with Crippen LogP contribution < -0.4 is 19.5 Å². The minimum absolute atomic E-state index is 0.177. The van der Waals surface area contributed by atoms with Crippen LogP contribution in [0, 0.1) is 13.8 Å². The van der Waals surface area contributed by atoms with Crippen molar-refractivity contribution in [3.8, 4) is 17.2 Å². The molecule has 1 aromatic heterocycles. The van der Waals surface area contributed by atoms with Crippen molar-refractivity contribution in [2.75, 3.05) is 25.3 Å². The molecule has 0 saturated carbocycles. The van der Waals surface area contributed by atoms with E-state index in [4.69, 9.17) is 14.2 Å². The highest BCUT2D eigenvalue weighted by Crippen LogP contribution is 2.29. The second kappa shape index (κ2) is 10.9. The molecule has 1 N–H and O–H groups in total. The van der Waals surface area contributed by atoms with E-state index in [1.54, 1.807) is 32.4 Å². The number of hydrogen-bond acceptors (Lipinski definition) is 7. The Bertz CT molecular complexity index is 1080. The molecule has 1 amide bonds. The van der Waals surface area contributed by atoms with Gasteiger partial charge in [0, 0.05) is 12.6 Å². The molecular weight excluding hydrogens is 428 g/mol. The van der Waals surface area contributed by atoms with Gasteiger partial charge < -0.3 is 24.1 Å². The van der Waals surface area contributed by atoms with Gasteiger partial charge in [-0.25, -0.2) is 0 Å². The Balaban J connectivity index is 1.62. The molecule has 0 radical (unpaired) electrons. The Labute approximate surface area is 192 Å². The molecule has 0 aliphatic carbocycles. The first-order valence-corrected chi connectivity index (χ1v) is 11.2. The number of carbonyl (C=O) groups excluding carboxylic acids is 1. The minimum Gasteiger partial charge on any atom is -0.497 e. The highest BCUT2D eigenvalue weighted by molar-refractivity contribution is 7.99. The molecule has 2 aromatic carbocycles. The number of aryl methyl sites for hydroxylation is 2. The van der Waals surface area contributed by atoms with Crippen molar-refractivity contribution < 1.29 is 19.0 Å². The van der Waals surface area contributed by atoms with E-state index in [0.717, 1.165) is 11.3 Å². The van der Waals surface area contributed by atoms with Gasteiger partial charge in [-0.3, -0.25) is 4.79 Å². The van der Waals surface area contributed by atoms with E-state index in [9.17, 15) is 4.79 Å². The summed E-state index contributed by atoms with van der Waals surface area (Å²) < 4.78 is 18.4. The molecule has 8 nitrogen and oxygen atoms in total. The Morgan fingerprint density at radius 2 is 1.84 bits per heavy atom. The Kier molecular flexibility index (Phi) is 7.99. The zero-order chi connectivity index (χ0) is 23.1. The highest BCUT2D eigenvalue weighted by atomic mass is 32.2. The van der Waals surface area contributed by atoms with E-state index < -0.39 is 0 Å². The van der Waals surface area contributed by atoms with Crippen LogP contribution >= 0.6 is 11.8 Å². The molecule has 0 aliphatic rings. The molecule has 170 valence electrons. The van der Waals surface area contributed by atoms with Crippen molar-refractivity contribution in [1.82, 2.24) is 14.8 Å². The fraction of sp³-hybridized carbons (Fsp3) is 0.348. The molecule has 1 heterocycles. The third-order valence-electron chi connectivity index (χ3n) is 4.81. The number of hydrogen-bond donors (Lipinski definition) is 1. The van der Waals surface area contributed by atoms with Crippen molar-refractivity contribution in [1.29, 1.82) is 0 Å². The van der Waals surface area contributed by atoms with E-state index >= 15 is 0 Å². The van der Waals surface area contributed by atoms with Crippen LogP contribution in [0.3, 0.4) is 0 Å². The maximum atomic E-state index is 12.5. The number of amides is 1. The van der Waals surface area contributed by atoms with E-state index in [1.807, 2.05) is 30.5 Å². The van der Waals surface area contributed by atoms with E-state index in [-0.39, 0.29) is 11.7 Å². The van der Waals surface area contributed by atoms with Crippen molar-refractivity contribution in [2.24, 2.45) is 0 Å². The first-order valence-electron chi connectivity index (χ1n) is 10.2. The van der Waals surface area contributed by atoms with Gasteiger partial charge in [0.05, 0.1) is 25.7 Å². The smallest absolute Gasteiger partial charge is 0.234 e. The maximum Gasteiger partial charge on any atom is 0.234 e. The first kappa shape index (κ1) is 23.5. The number of nitrogens with one attached hydrogen (secondary N) is 1. The largest absolute Gasteiger partial charge is 0.497 e. The van der Waals surface area contributed by atoms with Gasteiger partial charge in [0.15, 0.2) is 11.0 Å². The summed E-state index contributed by atoms with van der Waals surface area (Å²) in [5, 5.41) is 12.0. The molecule has 3 aromatic rings. The molecule has 0 atom stereocenters. The number of carbonyl (C=O) groups is 1. The number of rotatable bonds is 10. The van der Waals surface area contributed by atoms with E-state index in [1.165, 1.54) is 17.3 Å². The predicted octanol–water partition coefficient (Wildman–Crippen LogP) is 4.24. The molecule has 3 rings (SSSR count). The number of nitrogens with zero attached hydrogens (tertiary/aromatic N) is 3. The highest BCUT2D eigenvalue weighted by Gasteiger charge is 2.15. The maximum absolute atomic E-state index is 12.5. The number of anilines is 1. The van der Waals surface area contributed by atoms with Crippen LogP contribution in [-0.4, -0.2) is 40.6 Å². The van der Waals surface area contributed by atoms with Crippen molar-refractivity contribution in [2.45, 2.75) is 39.1 Å². The number of thioether (sulfide) groups is 1. The molecule has 0 fully saturated rings. The predicted molar refractivity (Wildman–Crippen MR) is 125 cm³/mol. The molecule has 0 bridgehead atoms. The van der Waals surface area contributed by atoms with Gasteiger partial charge in [-0.05, 0) is 44.5 Å². The van der Waals surface area contributed by atoms with Gasteiger partial charge >= 0.3 is 0 Å². The molecular formula is C23H28N4O4S. The van der Waals surface area contributed by atoms with Crippen LogP contribution in [0.1, 0.15) is 23.9 Å². The van der Waals surface area contributed by atoms with Gasteiger partial charge in [-0.1, -0.05) is 29.5 Å². The molecule has 0 spiro atoms. The van der Waals surface area contributed by atoms with Crippen LogP contribution in [0.4, 0.5) is 5.69 Å².